The predicted molar refractivity (Wildman–Crippen MR) is 359 cm³/mol. The van der Waals surface area contributed by atoms with Crippen molar-refractivity contribution in [3.8, 4) is 0 Å². The van der Waals surface area contributed by atoms with Crippen molar-refractivity contribution in [1.29, 1.82) is 0 Å². The molecule has 1 amide bonds. The normalized spacial score (nSPS) is 18.7. The summed E-state index contributed by atoms with van der Waals surface area (Å²) in [6.07, 6.45) is 84.3. The molecule has 7 unspecified atom stereocenters. The van der Waals surface area contributed by atoms with E-state index in [1.54, 1.807) is 6.08 Å². The average molecular weight is 1180 g/mol. The molecule has 1 fully saturated rings. The highest BCUT2D eigenvalue weighted by molar-refractivity contribution is 5.76. The minimum absolute atomic E-state index is 0.186. The topological polar surface area (TPSA) is 149 Å². The number of hydrogen-bond acceptors (Lipinski definition) is 8. The average Bonchev–Trinajstić information content (AvgIpc) is 3.70. The number of aliphatic hydroxyl groups is 5. The van der Waals surface area contributed by atoms with E-state index >= 15 is 0 Å². The van der Waals surface area contributed by atoms with Gasteiger partial charge in [0.05, 0.1) is 25.4 Å². The molecule has 1 aliphatic rings. The van der Waals surface area contributed by atoms with Crippen LogP contribution in [0.2, 0.25) is 0 Å². The van der Waals surface area contributed by atoms with Gasteiger partial charge in [0.15, 0.2) is 6.29 Å². The molecule has 0 radical (unpaired) electrons. The fourth-order valence-electron chi connectivity index (χ4n) is 11.1. The Kier molecular flexibility index (Phi) is 59.9. The molecule has 1 saturated heterocycles. The number of nitrogens with one attached hydrogen (secondary N) is 1. The van der Waals surface area contributed by atoms with Crippen molar-refractivity contribution in [2.24, 2.45) is 0 Å². The van der Waals surface area contributed by atoms with Crippen molar-refractivity contribution in [2.45, 2.75) is 371 Å². The molecular weight excluding hydrogens is 1040 g/mol. The third-order valence-electron chi connectivity index (χ3n) is 16.7. The van der Waals surface area contributed by atoms with Gasteiger partial charge >= 0.3 is 0 Å². The van der Waals surface area contributed by atoms with E-state index in [-0.39, 0.29) is 12.5 Å². The van der Waals surface area contributed by atoms with Gasteiger partial charge in [-0.25, -0.2) is 0 Å². The molecule has 0 aromatic rings. The molecule has 6 N–H and O–H groups in total. The van der Waals surface area contributed by atoms with Gasteiger partial charge in [-0.1, -0.05) is 324 Å². The lowest BCUT2D eigenvalue weighted by Gasteiger charge is -2.40. The van der Waals surface area contributed by atoms with Gasteiger partial charge in [-0.2, -0.15) is 0 Å². The zero-order chi connectivity index (χ0) is 60.7. The van der Waals surface area contributed by atoms with Crippen molar-refractivity contribution in [2.75, 3.05) is 13.2 Å². The molecule has 0 saturated carbocycles. The summed E-state index contributed by atoms with van der Waals surface area (Å²) in [7, 11) is 0. The van der Waals surface area contributed by atoms with E-state index in [1.165, 1.54) is 238 Å². The number of allylic oxidation sites excluding steroid dienone is 13. The van der Waals surface area contributed by atoms with Gasteiger partial charge in [-0.15, -0.1) is 0 Å². The molecule has 488 valence electrons. The van der Waals surface area contributed by atoms with Gasteiger partial charge < -0.3 is 40.3 Å². The van der Waals surface area contributed by atoms with E-state index in [1.807, 2.05) is 6.08 Å². The number of hydrogen-bond donors (Lipinski definition) is 6. The first kappa shape index (κ1) is 79.4. The summed E-state index contributed by atoms with van der Waals surface area (Å²) in [5, 5.41) is 54.7. The van der Waals surface area contributed by atoms with Crippen LogP contribution < -0.4 is 5.32 Å². The Bertz CT molecular complexity index is 1600. The van der Waals surface area contributed by atoms with Crippen molar-refractivity contribution < 1.29 is 39.8 Å². The Morgan fingerprint density at radius 3 is 1.14 bits per heavy atom. The molecular formula is C75H135NO8. The van der Waals surface area contributed by atoms with Crippen LogP contribution in [0.25, 0.3) is 0 Å². The van der Waals surface area contributed by atoms with E-state index in [4.69, 9.17) is 9.47 Å². The number of carbonyl (C=O) groups excluding carboxylic acids is 1. The van der Waals surface area contributed by atoms with Gasteiger partial charge in [0.2, 0.25) is 5.91 Å². The smallest absolute Gasteiger partial charge is 0.220 e. The first-order chi connectivity index (χ1) is 41.3. The van der Waals surface area contributed by atoms with Gasteiger partial charge in [-0.05, 0) is 83.5 Å². The van der Waals surface area contributed by atoms with E-state index < -0.39 is 49.5 Å². The molecule has 0 bridgehead atoms. The van der Waals surface area contributed by atoms with Crippen LogP contribution in [0.5, 0.6) is 0 Å². The molecule has 9 nitrogen and oxygen atoms in total. The van der Waals surface area contributed by atoms with Crippen LogP contribution in [-0.4, -0.2) is 87.5 Å². The second-order valence-electron chi connectivity index (χ2n) is 24.6. The van der Waals surface area contributed by atoms with Gasteiger partial charge in [0.25, 0.3) is 0 Å². The number of rotatable bonds is 62. The number of unbranched alkanes of at least 4 members (excludes halogenated alkanes) is 40. The minimum atomic E-state index is -1.58. The molecule has 1 heterocycles. The summed E-state index contributed by atoms with van der Waals surface area (Å²) in [6, 6.07) is -0.830. The maximum Gasteiger partial charge on any atom is 0.220 e. The zero-order valence-corrected chi connectivity index (χ0v) is 54.6. The lowest BCUT2D eigenvalue weighted by atomic mass is 9.99. The third-order valence-corrected chi connectivity index (χ3v) is 16.7. The second kappa shape index (κ2) is 63.4. The van der Waals surface area contributed by atoms with Gasteiger partial charge in [-0.3, -0.25) is 4.79 Å². The van der Waals surface area contributed by atoms with Crippen LogP contribution in [0.15, 0.2) is 85.1 Å². The molecule has 1 aliphatic heterocycles. The molecule has 1 rings (SSSR count). The van der Waals surface area contributed by atoms with Crippen LogP contribution in [0, 0.1) is 0 Å². The fraction of sp³-hybridized carbons (Fsp3) is 0.800. The van der Waals surface area contributed by atoms with Crippen molar-refractivity contribution in [1.82, 2.24) is 5.32 Å². The molecule has 0 aromatic carbocycles. The summed E-state index contributed by atoms with van der Waals surface area (Å²) in [6.45, 7) is 3.67. The summed E-state index contributed by atoms with van der Waals surface area (Å²) in [5.41, 5.74) is 0. The maximum atomic E-state index is 13.1. The molecule has 0 spiro atoms. The third kappa shape index (κ3) is 51.4. The second-order valence-corrected chi connectivity index (χ2v) is 24.6. The summed E-state index contributed by atoms with van der Waals surface area (Å²) >= 11 is 0. The van der Waals surface area contributed by atoms with Crippen LogP contribution in [0.4, 0.5) is 0 Å². The first-order valence-corrected chi connectivity index (χ1v) is 35.8. The Hall–Kier alpha value is -2.63. The van der Waals surface area contributed by atoms with Crippen molar-refractivity contribution >= 4 is 5.91 Å². The molecule has 7 atom stereocenters. The number of carbonyl (C=O) groups is 1. The molecule has 84 heavy (non-hydrogen) atoms. The zero-order valence-electron chi connectivity index (χ0n) is 54.6. The van der Waals surface area contributed by atoms with Crippen LogP contribution in [-0.2, 0) is 14.3 Å². The summed E-state index contributed by atoms with van der Waals surface area (Å²) in [4.78, 5) is 13.1. The Labute approximate surface area is 518 Å². The molecule has 9 heteroatoms. The Morgan fingerprint density at radius 1 is 0.417 bits per heavy atom. The fourth-order valence-corrected chi connectivity index (χ4v) is 11.1. The molecule has 0 aliphatic carbocycles. The highest BCUT2D eigenvalue weighted by Crippen LogP contribution is 2.23. The van der Waals surface area contributed by atoms with Crippen molar-refractivity contribution in [3.63, 3.8) is 0 Å². The molecule has 0 aromatic heterocycles. The van der Waals surface area contributed by atoms with Gasteiger partial charge in [0, 0.05) is 6.42 Å². The SMILES string of the molecule is CC/C=C\C/C=C\C/C=C\C/C=C\CCCCCCCCCCCCCCCCCCCCCCCCCCCCCCC(=O)NC(COC1OC(CO)C(O)C(O)C1O)C(O)/C=C/CC/C=C/CC/C=C/CCCCCCCCCCCC. The number of amides is 1. The lowest BCUT2D eigenvalue weighted by molar-refractivity contribution is -0.302. The van der Waals surface area contributed by atoms with E-state index in [2.05, 4.69) is 92.1 Å². The monoisotopic (exact) mass is 1180 g/mol. The maximum absolute atomic E-state index is 13.1. The Balaban J connectivity index is 2.06. The minimum Gasteiger partial charge on any atom is -0.394 e. The lowest BCUT2D eigenvalue weighted by Crippen LogP contribution is -2.60. The van der Waals surface area contributed by atoms with E-state index in [9.17, 15) is 30.3 Å². The first-order valence-electron chi connectivity index (χ1n) is 35.8. The van der Waals surface area contributed by atoms with Crippen LogP contribution in [0.1, 0.15) is 328 Å². The van der Waals surface area contributed by atoms with Crippen LogP contribution >= 0.6 is 0 Å². The predicted octanol–water partition coefficient (Wildman–Crippen LogP) is 19.7. The number of aliphatic hydroxyl groups excluding tert-OH is 5. The Morgan fingerprint density at radius 2 is 0.750 bits per heavy atom. The summed E-state index contributed by atoms with van der Waals surface area (Å²) in [5.74, 6) is -0.186. The quantitative estimate of drug-likeness (QED) is 0.0261. The van der Waals surface area contributed by atoms with E-state index in [0.29, 0.717) is 6.42 Å². The van der Waals surface area contributed by atoms with Crippen molar-refractivity contribution in [3.05, 3.63) is 85.1 Å². The van der Waals surface area contributed by atoms with Crippen LogP contribution in [0.3, 0.4) is 0 Å². The highest BCUT2D eigenvalue weighted by Gasteiger charge is 2.44. The number of ether oxygens (including phenoxy) is 2. The standard InChI is InChI=1S/C75H135NO8/c1-3-5-7-9-11-13-15-17-19-21-23-25-26-27-28-29-30-31-32-33-34-35-36-37-38-39-40-41-42-43-44-45-47-49-51-53-55-57-59-61-63-65-71(79)76-68(67-83-75-74(82)73(81)72(80)70(66-77)84-75)69(78)64-62-60-58-56-54-52-50-48-46-24-22-20-18-16-14-12-10-8-6-4-2/h5,7,11,13,17,19,23,25,46,48,54,56,62,64,68-70,72-75,77-78,80-82H,3-4,6,8-10,12,14-16,18,20-22,24,26-45,47,49-53,55,57-61,63,65-67H2,1-2H3,(H,76,79)/b7-5-,13-11-,19-17-,25-23-,48-46+,56-54+,64-62+. The largest absolute Gasteiger partial charge is 0.394 e. The van der Waals surface area contributed by atoms with Gasteiger partial charge in [0.1, 0.15) is 24.4 Å². The highest BCUT2D eigenvalue weighted by atomic mass is 16.7. The summed E-state index contributed by atoms with van der Waals surface area (Å²) < 4.78 is 11.3. The van der Waals surface area contributed by atoms with E-state index in [0.717, 1.165) is 70.6 Å².